The standard InChI is InChI=1S/C29H32FN5O2/c1-17(14-34(2)3)37-29-32-27-24(28(33-29)35-15-18-8-9-19(10-18)16-35)13-31-26(25(27)30)23-12-21(36)11-20-6-4-5-7-22(20)23/h4-7,11-13,17-19,36H,8-10,14-16H2,1-3H3/t17-,18?,19?/m1/s1. The number of piperidine rings is 1. The van der Waals surface area contributed by atoms with Crippen LogP contribution in [0.2, 0.25) is 0 Å². The number of phenolic OH excluding ortho intramolecular Hbond substituents is 1. The number of ether oxygens (including phenoxy) is 1. The maximum Gasteiger partial charge on any atom is 0.319 e. The Balaban J connectivity index is 1.51. The van der Waals surface area contributed by atoms with Crippen molar-refractivity contribution in [2.45, 2.75) is 32.3 Å². The molecule has 1 aliphatic carbocycles. The normalized spacial score (nSPS) is 20.2. The fourth-order valence-corrected chi connectivity index (χ4v) is 6.11. The third-order valence-electron chi connectivity index (χ3n) is 7.58. The summed E-state index contributed by atoms with van der Waals surface area (Å²) in [6.45, 7) is 4.44. The minimum atomic E-state index is -0.540. The molecular formula is C29H32FN5O2. The van der Waals surface area contributed by atoms with E-state index < -0.39 is 5.82 Å². The molecule has 2 fully saturated rings. The van der Waals surface area contributed by atoms with Crippen molar-refractivity contribution in [1.82, 2.24) is 19.9 Å². The average molecular weight is 502 g/mol. The van der Waals surface area contributed by atoms with Crippen LogP contribution in [0.4, 0.5) is 10.2 Å². The summed E-state index contributed by atoms with van der Waals surface area (Å²) in [6.07, 6.45) is 5.22. The quantitative estimate of drug-likeness (QED) is 0.387. The summed E-state index contributed by atoms with van der Waals surface area (Å²) in [4.78, 5) is 18.2. The molecule has 3 heterocycles. The number of phenols is 1. The Bertz CT molecular complexity index is 1460. The van der Waals surface area contributed by atoms with Gasteiger partial charge < -0.3 is 19.6 Å². The third-order valence-corrected chi connectivity index (χ3v) is 7.58. The summed E-state index contributed by atoms with van der Waals surface area (Å²) in [6, 6.07) is 11.0. The molecule has 7 nitrogen and oxygen atoms in total. The van der Waals surface area contributed by atoms with Gasteiger partial charge in [-0.1, -0.05) is 24.3 Å². The van der Waals surface area contributed by atoms with Crippen LogP contribution in [-0.4, -0.2) is 64.8 Å². The Morgan fingerprint density at radius 1 is 1.11 bits per heavy atom. The van der Waals surface area contributed by atoms with Crippen molar-refractivity contribution >= 4 is 27.5 Å². The second-order valence-electron chi connectivity index (χ2n) is 10.9. The SMILES string of the molecule is C[C@H](CN(C)C)Oc1nc(N2CC3CCC(C3)C2)c2cnc(-c3cc(O)cc4ccccc34)c(F)c2n1. The summed E-state index contributed by atoms with van der Waals surface area (Å²) in [5.41, 5.74) is 0.859. The molecule has 192 valence electrons. The topological polar surface area (TPSA) is 74.6 Å². The first-order valence-corrected chi connectivity index (χ1v) is 13.0. The molecule has 1 saturated carbocycles. The van der Waals surface area contributed by atoms with Crippen LogP contribution in [-0.2, 0) is 0 Å². The van der Waals surface area contributed by atoms with Gasteiger partial charge in [0.2, 0.25) is 0 Å². The van der Waals surface area contributed by atoms with E-state index in [1.807, 2.05) is 50.2 Å². The monoisotopic (exact) mass is 501 g/mol. The maximum atomic E-state index is 16.3. The number of aromatic nitrogens is 3. The first kappa shape index (κ1) is 23.9. The molecule has 6 rings (SSSR count). The van der Waals surface area contributed by atoms with Crippen molar-refractivity contribution in [2.75, 3.05) is 38.6 Å². The molecule has 1 N–H and O–H groups in total. The number of benzene rings is 2. The summed E-state index contributed by atoms with van der Waals surface area (Å²) in [5.74, 6) is 1.48. The second kappa shape index (κ2) is 9.41. The van der Waals surface area contributed by atoms with E-state index in [4.69, 9.17) is 9.72 Å². The van der Waals surface area contributed by atoms with Crippen molar-refractivity contribution in [3.05, 3.63) is 48.4 Å². The fraction of sp³-hybridized carbons (Fsp3) is 0.414. The van der Waals surface area contributed by atoms with E-state index in [0.717, 1.165) is 23.9 Å². The fourth-order valence-electron chi connectivity index (χ4n) is 6.11. The highest BCUT2D eigenvalue weighted by Gasteiger charge is 2.35. The van der Waals surface area contributed by atoms with Crippen LogP contribution in [0.15, 0.2) is 42.6 Å². The number of hydrogen-bond donors (Lipinski definition) is 1. The lowest BCUT2D eigenvalue weighted by molar-refractivity contribution is 0.164. The number of nitrogens with zero attached hydrogens (tertiary/aromatic N) is 5. The van der Waals surface area contributed by atoms with E-state index in [9.17, 15) is 5.11 Å². The smallest absolute Gasteiger partial charge is 0.319 e. The Hall–Kier alpha value is -3.52. The number of halogens is 1. The molecular weight excluding hydrogens is 469 g/mol. The average Bonchev–Trinajstić information content (AvgIpc) is 3.20. The first-order chi connectivity index (χ1) is 17.9. The molecule has 37 heavy (non-hydrogen) atoms. The summed E-state index contributed by atoms with van der Waals surface area (Å²) < 4.78 is 22.4. The van der Waals surface area contributed by atoms with Crippen molar-refractivity contribution < 1.29 is 14.2 Å². The number of rotatable bonds is 6. The highest BCUT2D eigenvalue weighted by atomic mass is 19.1. The summed E-state index contributed by atoms with van der Waals surface area (Å²) >= 11 is 0. The van der Waals surface area contributed by atoms with Crippen LogP contribution in [0.3, 0.4) is 0 Å². The van der Waals surface area contributed by atoms with Crippen LogP contribution < -0.4 is 9.64 Å². The lowest BCUT2D eigenvalue weighted by atomic mass is 9.98. The van der Waals surface area contributed by atoms with Gasteiger partial charge >= 0.3 is 6.01 Å². The number of likely N-dealkylation sites (N-methyl/N-ethyl adjacent to an activating group) is 1. The molecule has 0 amide bonds. The van der Waals surface area contributed by atoms with Gasteiger partial charge in [-0.3, -0.25) is 4.98 Å². The van der Waals surface area contributed by atoms with Crippen LogP contribution in [0.5, 0.6) is 11.8 Å². The molecule has 8 heteroatoms. The van der Waals surface area contributed by atoms with Crippen molar-refractivity contribution in [1.29, 1.82) is 0 Å². The van der Waals surface area contributed by atoms with E-state index >= 15 is 4.39 Å². The molecule has 1 aliphatic heterocycles. The molecule has 2 bridgehead atoms. The van der Waals surface area contributed by atoms with E-state index in [-0.39, 0.29) is 29.1 Å². The summed E-state index contributed by atoms with van der Waals surface area (Å²) in [5, 5.41) is 12.6. The second-order valence-corrected chi connectivity index (χ2v) is 10.9. The van der Waals surface area contributed by atoms with Gasteiger partial charge in [0, 0.05) is 31.4 Å². The van der Waals surface area contributed by atoms with Gasteiger partial charge in [0.05, 0.1) is 5.39 Å². The van der Waals surface area contributed by atoms with Crippen LogP contribution in [0.25, 0.3) is 32.9 Å². The van der Waals surface area contributed by atoms with Crippen molar-refractivity contribution in [2.24, 2.45) is 11.8 Å². The van der Waals surface area contributed by atoms with E-state index in [2.05, 4.69) is 14.9 Å². The number of fused-ring (bicyclic) bond motifs is 4. The van der Waals surface area contributed by atoms with Gasteiger partial charge in [-0.2, -0.15) is 9.97 Å². The molecule has 3 atom stereocenters. The Labute approximate surface area is 215 Å². The lowest BCUT2D eigenvalue weighted by Crippen LogP contribution is -2.37. The number of aromatic hydroxyl groups is 1. The number of hydrogen-bond acceptors (Lipinski definition) is 7. The number of pyridine rings is 1. The predicted octanol–water partition coefficient (Wildman–Crippen LogP) is 5.25. The zero-order valence-corrected chi connectivity index (χ0v) is 21.5. The van der Waals surface area contributed by atoms with Crippen LogP contribution in [0, 0.1) is 17.7 Å². The Kier molecular flexibility index (Phi) is 6.07. The zero-order valence-electron chi connectivity index (χ0n) is 21.5. The van der Waals surface area contributed by atoms with Crippen molar-refractivity contribution in [3.8, 4) is 23.0 Å². The minimum absolute atomic E-state index is 0.0590. The molecule has 0 spiro atoms. The van der Waals surface area contributed by atoms with Gasteiger partial charge in [-0.25, -0.2) is 4.39 Å². The van der Waals surface area contributed by atoms with E-state index in [1.165, 1.54) is 19.3 Å². The first-order valence-electron chi connectivity index (χ1n) is 13.0. The highest BCUT2D eigenvalue weighted by Crippen LogP contribution is 2.41. The molecule has 4 aromatic rings. The Morgan fingerprint density at radius 3 is 2.62 bits per heavy atom. The molecule has 0 radical (unpaired) electrons. The van der Waals surface area contributed by atoms with Crippen LogP contribution in [0.1, 0.15) is 26.2 Å². The van der Waals surface area contributed by atoms with Crippen molar-refractivity contribution in [3.63, 3.8) is 0 Å². The van der Waals surface area contributed by atoms with Gasteiger partial charge in [0.1, 0.15) is 28.9 Å². The molecule has 2 aromatic carbocycles. The summed E-state index contributed by atoms with van der Waals surface area (Å²) in [7, 11) is 3.96. The van der Waals surface area contributed by atoms with Gasteiger partial charge in [0.15, 0.2) is 5.82 Å². The van der Waals surface area contributed by atoms with Gasteiger partial charge in [-0.15, -0.1) is 0 Å². The third kappa shape index (κ3) is 4.55. The van der Waals surface area contributed by atoms with Gasteiger partial charge in [0.25, 0.3) is 0 Å². The number of anilines is 1. The van der Waals surface area contributed by atoms with E-state index in [1.54, 1.807) is 18.3 Å². The van der Waals surface area contributed by atoms with Gasteiger partial charge in [-0.05, 0) is 75.0 Å². The lowest BCUT2D eigenvalue weighted by Gasteiger charge is -2.33. The van der Waals surface area contributed by atoms with E-state index in [0.29, 0.717) is 35.1 Å². The highest BCUT2D eigenvalue weighted by molar-refractivity contribution is 5.99. The largest absolute Gasteiger partial charge is 0.508 e. The zero-order chi connectivity index (χ0) is 25.7. The minimum Gasteiger partial charge on any atom is -0.508 e. The molecule has 2 aliphatic rings. The maximum absolute atomic E-state index is 16.3. The Morgan fingerprint density at radius 2 is 1.86 bits per heavy atom. The van der Waals surface area contributed by atoms with Crippen LogP contribution >= 0.6 is 0 Å². The molecule has 1 saturated heterocycles. The molecule has 2 unspecified atom stereocenters. The predicted molar refractivity (Wildman–Crippen MR) is 144 cm³/mol. The molecule has 2 aromatic heterocycles.